The summed E-state index contributed by atoms with van der Waals surface area (Å²) >= 11 is 0. The first kappa shape index (κ1) is 19.9. The zero-order valence-electron chi connectivity index (χ0n) is 15.4. The Morgan fingerprint density at radius 1 is 0.966 bits per heavy atom. The molecule has 0 spiro atoms. The lowest BCUT2D eigenvalue weighted by molar-refractivity contribution is 0.0526. The van der Waals surface area contributed by atoms with Gasteiger partial charge in [-0.3, -0.25) is 4.79 Å². The normalized spacial score (nSPS) is 10.3. The molecule has 29 heavy (non-hydrogen) atoms. The van der Waals surface area contributed by atoms with Crippen molar-refractivity contribution < 1.29 is 23.1 Å². The highest BCUT2D eigenvalue weighted by atomic mass is 19.1. The molecule has 0 fully saturated rings. The van der Waals surface area contributed by atoms with Crippen molar-refractivity contribution in [3.8, 4) is 0 Å². The molecule has 1 heterocycles. The average molecular weight is 397 g/mol. The standard InChI is InChI=1S/C21H17F2N3O3/c1-2-29-21(28)13-6-8-14(9-7-13)26-20(27)18-11-10-15(12-24-18)25-19-16(22)4-3-5-17(19)23/h3-12,25H,2H2,1H3,(H,26,27). The summed E-state index contributed by atoms with van der Waals surface area (Å²) in [5.41, 5.74) is 0.982. The molecule has 0 unspecified atom stereocenters. The van der Waals surface area contributed by atoms with E-state index in [0.29, 0.717) is 16.9 Å². The number of ether oxygens (including phenoxy) is 1. The van der Waals surface area contributed by atoms with E-state index in [0.717, 1.165) is 12.1 Å². The molecule has 1 amide bonds. The molecular weight excluding hydrogens is 380 g/mol. The molecule has 0 aliphatic carbocycles. The Morgan fingerprint density at radius 3 is 2.21 bits per heavy atom. The van der Waals surface area contributed by atoms with E-state index < -0.39 is 23.5 Å². The minimum Gasteiger partial charge on any atom is -0.462 e. The summed E-state index contributed by atoms with van der Waals surface area (Å²) in [5.74, 6) is -2.39. The number of halogens is 2. The van der Waals surface area contributed by atoms with Gasteiger partial charge in [0.25, 0.3) is 5.91 Å². The molecule has 6 nitrogen and oxygen atoms in total. The minimum absolute atomic E-state index is 0.110. The van der Waals surface area contributed by atoms with Gasteiger partial charge in [0.15, 0.2) is 0 Å². The van der Waals surface area contributed by atoms with E-state index in [9.17, 15) is 18.4 Å². The van der Waals surface area contributed by atoms with Gasteiger partial charge in [-0.15, -0.1) is 0 Å². The van der Waals surface area contributed by atoms with Gasteiger partial charge in [0.1, 0.15) is 23.0 Å². The number of benzene rings is 2. The van der Waals surface area contributed by atoms with E-state index in [-0.39, 0.29) is 18.0 Å². The van der Waals surface area contributed by atoms with Gasteiger partial charge in [-0.2, -0.15) is 0 Å². The van der Waals surface area contributed by atoms with Crippen LogP contribution >= 0.6 is 0 Å². The average Bonchev–Trinajstić information content (AvgIpc) is 2.72. The van der Waals surface area contributed by atoms with Gasteiger partial charge in [-0.05, 0) is 55.5 Å². The molecule has 0 radical (unpaired) electrons. The summed E-state index contributed by atoms with van der Waals surface area (Å²) in [6, 6.07) is 12.7. The number of amides is 1. The summed E-state index contributed by atoms with van der Waals surface area (Å²) < 4.78 is 32.3. The zero-order chi connectivity index (χ0) is 20.8. The second-order valence-corrected chi connectivity index (χ2v) is 5.91. The number of carbonyl (C=O) groups excluding carboxylic acids is 2. The maximum absolute atomic E-state index is 13.7. The van der Waals surface area contributed by atoms with Crippen molar-refractivity contribution >= 4 is 28.9 Å². The van der Waals surface area contributed by atoms with Gasteiger partial charge >= 0.3 is 5.97 Å². The largest absolute Gasteiger partial charge is 0.462 e. The van der Waals surface area contributed by atoms with Crippen molar-refractivity contribution in [2.75, 3.05) is 17.2 Å². The number of carbonyl (C=O) groups is 2. The molecule has 3 rings (SSSR count). The van der Waals surface area contributed by atoms with E-state index >= 15 is 0 Å². The van der Waals surface area contributed by atoms with Crippen LogP contribution in [0.25, 0.3) is 0 Å². The molecule has 1 aromatic heterocycles. The van der Waals surface area contributed by atoms with Gasteiger partial charge in [-0.1, -0.05) is 6.07 Å². The fourth-order valence-electron chi connectivity index (χ4n) is 2.46. The molecule has 0 aliphatic rings. The number of rotatable bonds is 6. The summed E-state index contributed by atoms with van der Waals surface area (Å²) in [6.45, 7) is 1.99. The lowest BCUT2D eigenvalue weighted by Gasteiger charge is -2.09. The van der Waals surface area contributed by atoms with Gasteiger partial charge in [0.05, 0.1) is 24.1 Å². The highest BCUT2D eigenvalue weighted by molar-refractivity contribution is 6.03. The van der Waals surface area contributed by atoms with E-state index in [1.807, 2.05) is 0 Å². The van der Waals surface area contributed by atoms with Crippen molar-refractivity contribution in [1.82, 2.24) is 4.98 Å². The van der Waals surface area contributed by atoms with Crippen LogP contribution in [0.15, 0.2) is 60.8 Å². The summed E-state index contributed by atoms with van der Waals surface area (Å²) in [7, 11) is 0. The SMILES string of the molecule is CCOC(=O)c1ccc(NC(=O)c2ccc(Nc3c(F)cccc3F)cn2)cc1. The van der Waals surface area contributed by atoms with Gasteiger partial charge in [0.2, 0.25) is 0 Å². The van der Waals surface area contributed by atoms with E-state index in [2.05, 4.69) is 15.6 Å². The van der Waals surface area contributed by atoms with Crippen molar-refractivity contribution in [2.45, 2.75) is 6.92 Å². The number of pyridine rings is 1. The number of anilines is 3. The molecule has 2 N–H and O–H groups in total. The fourth-order valence-corrected chi connectivity index (χ4v) is 2.46. The number of hydrogen-bond acceptors (Lipinski definition) is 5. The first-order valence-electron chi connectivity index (χ1n) is 8.73. The Hall–Kier alpha value is -3.81. The van der Waals surface area contributed by atoms with Gasteiger partial charge < -0.3 is 15.4 Å². The van der Waals surface area contributed by atoms with Crippen LogP contribution in [0.2, 0.25) is 0 Å². The number of hydrogen-bond donors (Lipinski definition) is 2. The Balaban J connectivity index is 1.65. The second-order valence-electron chi connectivity index (χ2n) is 5.91. The molecule has 0 aliphatic heterocycles. The lowest BCUT2D eigenvalue weighted by Crippen LogP contribution is -2.14. The van der Waals surface area contributed by atoms with Crippen LogP contribution in [0, 0.1) is 11.6 Å². The Morgan fingerprint density at radius 2 is 1.62 bits per heavy atom. The van der Waals surface area contributed by atoms with E-state index in [1.54, 1.807) is 19.1 Å². The molecule has 8 heteroatoms. The van der Waals surface area contributed by atoms with E-state index in [1.165, 1.54) is 36.5 Å². The lowest BCUT2D eigenvalue weighted by atomic mass is 10.2. The molecule has 148 valence electrons. The monoisotopic (exact) mass is 397 g/mol. The summed E-state index contributed by atoms with van der Waals surface area (Å²) in [4.78, 5) is 27.9. The van der Waals surface area contributed by atoms with Crippen molar-refractivity contribution in [2.24, 2.45) is 0 Å². The Labute approximate surface area is 165 Å². The molecule has 0 atom stereocenters. The van der Waals surface area contributed by atoms with Crippen LogP contribution in [0.5, 0.6) is 0 Å². The first-order valence-corrected chi connectivity index (χ1v) is 8.73. The van der Waals surface area contributed by atoms with Crippen molar-refractivity contribution in [1.29, 1.82) is 0 Å². The number of para-hydroxylation sites is 1. The van der Waals surface area contributed by atoms with Crippen molar-refractivity contribution in [3.63, 3.8) is 0 Å². The van der Waals surface area contributed by atoms with Crippen LogP contribution in [-0.4, -0.2) is 23.5 Å². The smallest absolute Gasteiger partial charge is 0.338 e. The Kier molecular flexibility index (Phi) is 6.13. The topological polar surface area (TPSA) is 80.3 Å². The maximum atomic E-state index is 13.7. The first-order chi connectivity index (χ1) is 14.0. The molecule has 2 aromatic carbocycles. The second kappa shape index (κ2) is 8.92. The summed E-state index contributed by atoms with van der Waals surface area (Å²) in [6.07, 6.45) is 1.30. The third kappa shape index (κ3) is 4.92. The summed E-state index contributed by atoms with van der Waals surface area (Å²) in [5, 5.41) is 5.25. The number of nitrogens with one attached hydrogen (secondary N) is 2. The number of esters is 1. The van der Waals surface area contributed by atoms with Crippen LogP contribution in [-0.2, 0) is 4.74 Å². The highest BCUT2D eigenvalue weighted by Crippen LogP contribution is 2.22. The third-order valence-electron chi connectivity index (χ3n) is 3.88. The van der Waals surface area contributed by atoms with Crippen LogP contribution < -0.4 is 10.6 Å². The highest BCUT2D eigenvalue weighted by Gasteiger charge is 2.12. The number of aromatic nitrogens is 1. The quantitative estimate of drug-likeness (QED) is 0.598. The van der Waals surface area contributed by atoms with E-state index in [4.69, 9.17) is 4.74 Å². The third-order valence-corrected chi connectivity index (χ3v) is 3.88. The fraction of sp³-hybridized carbons (Fsp3) is 0.0952. The molecular formula is C21H17F2N3O3. The molecule has 0 bridgehead atoms. The van der Waals surface area contributed by atoms with Crippen LogP contribution in [0.4, 0.5) is 25.8 Å². The predicted octanol–water partition coefficient (Wildman–Crippen LogP) is 4.53. The number of nitrogens with zero attached hydrogens (tertiary/aromatic N) is 1. The van der Waals surface area contributed by atoms with Crippen LogP contribution in [0.1, 0.15) is 27.8 Å². The predicted molar refractivity (Wildman–Crippen MR) is 104 cm³/mol. The maximum Gasteiger partial charge on any atom is 0.338 e. The van der Waals surface area contributed by atoms with Crippen LogP contribution in [0.3, 0.4) is 0 Å². The molecule has 3 aromatic rings. The molecule has 0 saturated heterocycles. The molecule has 0 saturated carbocycles. The zero-order valence-corrected chi connectivity index (χ0v) is 15.4. The minimum atomic E-state index is -0.738. The van der Waals surface area contributed by atoms with Gasteiger partial charge in [0, 0.05) is 5.69 Å². The Bertz CT molecular complexity index is 1000. The van der Waals surface area contributed by atoms with Crippen molar-refractivity contribution in [3.05, 3.63) is 83.7 Å². The van der Waals surface area contributed by atoms with Gasteiger partial charge in [-0.25, -0.2) is 18.6 Å².